The zero-order chi connectivity index (χ0) is 18.9. The molecular weight excluding hydrogens is 346 g/mol. The number of aromatic nitrogens is 2. The van der Waals surface area contributed by atoms with Crippen molar-refractivity contribution in [2.45, 2.75) is 26.4 Å². The van der Waals surface area contributed by atoms with E-state index in [1.165, 1.54) is 0 Å². The van der Waals surface area contributed by atoms with Crippen molar-refractivity contribution in [1.82, 2.24) is 25.7 Å². The number of carbonyl (C=O) groups excluding carboxylic acids is 1. The minimum atomic E-state index is -0.0624. The fourth-order valence-electron chi connectivity index (χ4n) is 2.88. The van der Waals surface area contributed by atoms with Crippen LogP contribution in [0.1, 0.15) is 35.4 Å². The minimum Gasteiger partial charge on any atom is -0.485 e. The molecule has 1 aliphatic heterocycles. The molecule has 1 amide bonds. The summed E-state index contributed by atoms with van der Waals surface area (Å²) in [6.45, 7) is 8.15. The van der Waals surface area contributed by atoms with E-state index in [0.717, 1.165) is 39.1 Å². The Labute approximate surface area is 159 Å². The smallest absolute Gasteiger partial charge is 0.251 e. The Morgan fingerprint density at radius 2 is 2.07 bits per heavy atom. The number of piperazine rings is 1. The molecule has 146 valence electrons. The SMILES string of the molecule is CCc1nc(COc2ccc(C(=O)NCCCN3CCNCC3)cc2)no1. The van der Waals surface area contributed by atoms with Gasteiger partial charge in [-0.1, -0.05) is 12.1 Å². The summed E-state index contributed by atoms with van der Waals surface area (Å²) in [5.74, 6) is 1.71. The van der Waals surface area contributed by atoms with Crippen LogP contribution in [0.3, 0.4) is 0 Å². The molecule has 1 aromatic heterocycles. The summed E-state index contributed by atoms with van der Waals surface area (Å²) in [6, 6.07) is 7.07. The van der Waals surface area contributed by atoms with Crippen molar-refractivity contribution >= 4 is 5.91 Å². The fraction of sp³-hybridized carbons (Fsp3) is 0.526. The third-order valence-corrected chi connectivity index (χ3v) is 4.44. The van der Waals surface area contributed by atoms with Gasteiger partial charge in [0.1, 0.15) is 5.75 Å². The van der Waals surface area contributed by atoms with E-state index in [0.29, 0.717) is 36.0 Å². The topological polar surface area (TPSA) is 92.5 Å². The Balaban J connectivity index is 1.37. The van der Waals surface area contributed by atoms with Crippen molar-refractivity contribution in [3.05, 3.63) is 41.5 Å². The van der Waals surface area contributed by atoms with Crippen molar-refractivity contribution in [2.75, 3.05) is 39.3 Å². The van der Waals surface area contributed by atoms with Gasteiger partial charge in [-0.3, -0.25) is 4.79 Å². The highest BCUT2D eigenvalue weighted by molar-refractivity contribution is 5.94. The van der Waals surface area contributed by atoms with E-state index in [4.69, 9.17) is 9.26 Å². The Morgan fingerprint density at radius 3 is 2.78 bits per heavy atom. The van der Waals surface area contributed by atoms with Crippen molar-refractivity contribution in [3.63, 3.8) is 0 Å². The first-order valence-corrected chi connectivity index (χ1v) is 9.50. The predicted octanol–water partition coefficient (Wildman–Crippen LogP) is 1.24. The maximum Gasteiger partial charge on any atom is 0.251 e. The zero-order valence-electron chi connectivity index (χ0n) is 15.7. The maximum absolute atomic E-state index is 12.2. The van der Waals surface area contributed by atoms with Gasteiger partial charge in [-0.05, 0) is 37.2 Å². The molecule has 0 bridgehead atoms. The van der Waals surface area contributed by atoms with Crippen LogP contribution in [0, 0.1) is 0 Å². The van der Waals surface area contributed by atoms with E-state index in [9.17, 15) is 4.79 Å². The number of hydrogen-bond acceptors (Lipinski definition) is 7. The maximum atomic E-state index is 12.2. The quantitative estimate of drug-likeness (QED) is 0.639. The van der Waals surface area contributed by atoms with E-state index < -0.39 is 0 Å². The van der Waals surface area contributed by atoms with Gasteiger partial charge in [-0.2, -0.15) is 4.98 Å². The number of amides is 1. The average Bonchev–Trinajstić information content (AvgIpc) is 3.19. The lowest BCUT2D eigenvalue weighted by molar-refractivity contribution is 0.0951. The lowest BCUT2D eigenvalue weighted by Gasteiger charge is -2.27. The standard InChI is InChI=1S/C19H27N5O3/c1-2-18-22-17(23-27-18)14-26-16-6-4-15(5-7-16)19(25)21-8-3-11-24-12-9-20-10-13-24/h4-7,20H,2-3,8-14H2,1H3,(H,21,25). The van der Waals surface area contributed by atoms with Crippen LogP contribution in [-0.4, -0.2) is 60.2 Å². The highest BCUT2D eigenvalue weighted by atomic mass is 16.5. The highest BCUT2D eigenvalue weighted by Crippen LogP contribution is 2.13. The van der Waals surface area contributed by atoms with Crippen LogP contribution in [0.15, 0.2) is 28.8 Å². The first-order valence-electron chi connectivity index (χ1n) is 9.50. The van der Waals surface area contributed by atoms with Gasteiger partial charge in [-0.15, -0.1) is 0 Å². The third-order valence-electron chi connectivity index (χ3n) is 4.44. The van der Waals surface area contributed by atoms with Crippen LogP contribution in [0.4, 0.5) is 0 Å². The molecule has 0 spiro atoms. The van der Waals surface area contributed by atoms with E-state index in [1.54, 1.807) is 24.3 Å². The number of aryl methyl sites for hydroxylation is 1. The molecule has 2 N–H and O–H groups in total. The van der Waals surface area contributed by atoms with E-state index in [-0.39, 0.29) is 12.5 Å². The molecule has 1 aliphatic rings. The summed E-state index contributed by atoms with van der Waals surface area (Å²) in [6.07, 6.45) is 1.66. The Kier molecular flexibility index (Phi) is 7.18. The van der Waals surface area contributed by atoms with Crippen LogP contribution in [0.25, 0.3) is 0 Å². The minimum absolute atomic E-state index is 0.0624. The monoisotopic (exact) mass is 373 g/mol. The van der Waals surface area contributed by atoms with Gasteiger partial charge in [0.15, 0.2) is 6.61 Å². The number of nitrogens with one attached hydrogen (secondary N) is 2. The summed E-state index contributed by atoms with van der Waals surface area (Å²) in [5.41, 5.74) is 0.623. The van der Waals surface area contributed by atoms with Crippen LogP contribution in [-0.2, 0) is 13.0 Å². The second-order valence-corrected chi connectivity index (χ2v) is 6.47. The third kappa shape index (κ3) is 6.04. The molecule has 0 saturated carbocycles. The molecular formula is C19H27N5O3. The molecule has 27 heavy (non-hydrogen) atoms. The van der Waals surface area contributed by atoms with Gasteiger partial charge in [0.05, 0.1) is 0 Å². The molecule has 0 atom stereocenters. The van der Waals surface area contributed by atoms with E-state index >= 15 is 0 Å². The molecule has 1 aromatic carbocycles. The molecule has 8 heteroatoms. The van der Waals surface area contributed by atoms with Crippen LogP contribution < -0.4 is 15.4 Å². The van der Waals surface area contributed by atoms with Gasteiger partial charge in [0.25, 0.3) is 5.91 Å². The Hall–Kier alpha value is -2.45. The molecule has 2 heterocycles. The van der Waals surface area contributed by atoms with Crippen LogP contribution in [0.2, 0.25) is 0 Å². The van der Waals surface area contributed by atoms with Gasteiger partial charge in [0.2, 0.25) is 11.7 Å². The van der Waals surface area contributed by atoms with Gasteiger partial charge in [0, 0.05) is 44.7 Å². The van der Waals surface area contributed by atoms with E-state index in [2.05, 4.69) is 25.7 Å². The van der Waals surface area contributed by atoms with Crippen molar-refractivity contribution < 1.29 is 14.1 Å². The largest absolute Gasteiger partial charge is 0.485 e. The number of nitrogens with zero attached hydrogens (tertiary/aromatic N) is 3. The molecule has 8 nitrogen and oxygen atoms in total. The predicted molar refractivity (Wildman–Crippen MR) is 101 cm³/mol. The molecule has 1 saturated heterocycles. The van der Waals surface area contributed by atoms with Gasteiger partial charge in [-0.25, -0.2) is 0 Å². The zero-order valence-corrected chi connectivity index (χ0v) is 15.7. The lowest BCUT2D eigenvalue weighted by Crippen LogP contribution is -2.44. The summed E-state index contributed by atoms with van der Waals surface area (Å²) in [7, 11) is 0. The molecule has 0 unspecified atom stereocenters. The summed E-state index contributed by atoms with van der Waals surface area (Å²) < 4.78 is 10.7. The van der Waals surface area contributed by atoms with Crippen molar-refractivity contribution in [2.24, 2.45) is 0 Å². The molecule has 2 aromatic rings. The fourth-order valence-corrected chi connectivity index (χ4v) is 2.88. The molecule has 0 radical (unpaired) electrons. The Bertz CT molecular complexity index is 710. The number of hydrogen-bond donors (Lipinski definition) is 2. The second kappa shape index (κ2) is 10.0. The number of carbonyl (C=O) groups is 1. The first kappa shape index (κ1) is 19.3. The van der Waals surface area contributed by atoms with Gasteiger partial charge >= 0.3 is 0 Å². The summed E-state index contributed by atoms with van der Waals surface area (Å²) >= 11 is 0. The molecule has 3 rings (SSSR count). The second-order valence-electron chi connectivity index (χ2n) is 6.47. The average molecular weight is 373 g/mol. The number of ether oxygens (including phenoxy) is 1. The van der Waals surface area contributed by atoms with Crippen LogP contribution in [0.5, 0.6) is 5.75 Å². The highest BCUT2D eigenvalue weighted by Gasteiger charge is 2.10. The van der Waals surface area contributed by atoms with E-state index in [1.807, 2.05) is 6.92 Å². The first-order chi connectivity index (χ1) is 13.2. The Morgan fingerprint density at radius 1 is 1.30 bits per heavy atom. The van der Waals surface area contributed by atoms with Crippen molar-refractivity contribution in [3.8, 4) is 5.75 Å². The number of rotatable bonds is 9. The van der Waals surface area contributed by atoms with Gasteiger partial charge < -0.3 is 24.8 Å². The lowest BCUT2D eigenvalue weighted by atomic mass is 10.2. The summed E-state index contributed by atoms with van der Waals surface area (Å²) in [4.78, 5) is 18.8. The molecule has 0 aliphatic carbocycles. The molecule has 1 fully saturated rings. The van der Waals surface area contributed by atoms with Crippen LogP contribution >= 0.6 is 0 Å². The normalized spacial score (nSPS) is 14.9. The van der Waals surface area contributed by atoms with Crippen molar-refractivity contribution in [1.29, 1.82) is 0 Å². The summed E-state index contributed by atoms with van der Waals surface area (Å²) in [5, 5.41) is 10.1. The number of benzene rings is 1.